The second kappa shape index (κ2) is 4.59. The number of hydrogen-bond donors (Lipinski definition) is 2. The Labute approximate surface area is 104 Å². The van der Waals surface area contributed by atoms with Crippen molar-refractivity contribution in [3.05, 3.63) is 46.1 Å². The van der Waals surface area contributed by atoms with Crippen molar-refractivity contribution in [3.8, 4) is 0 Å². The van der Waals surface area contributed by atoms with Crippen LogP contribution in [-0.2, 0) is 0 Å². The largest absolute Gasteiger partial charge is 0.305 e. The third-order valence-corrected chi connectivity index (χ3v) is 2.71. The standard InChI is InChI=1S/C12H12ClN3O/c1-7-4-3-5-9(13)11(7)12(17)14-10-6-8(2)15-16-10/h3-6H,1-2H3,(H2,14,15,16,17). The predicted octanol–water partition coefficient (Wildman–Crippen LogP) is 2.93. The van der Waals surface area contributed by atoms with Crippen LogP contribution in [0.1, 0.15) is 21.6 Å². The van der Waals surface area contributed by atoms with Crippen LogP contribution in [0.5, 0.6) is 0 Å². The number of amides is 1. The molecule has 0 saturated carbocycles. The molecule has 1 amide bonds. The van der Waals surface area contributed by atoms with E-state index in [2.05, 4.69) is 15.5 Å². The zero-order chi connectivity index (χ0) is 12.4. The topological polar surface area (TPSA) is 57.8 Å². The van der Waals surface area contributed by atoms with Crippen molar-refractivity contribution in [2.75, 3.05) is 5.32 Å². The fourth-order valence-electron chi connectivity index (χ4n) is 1.58. The number of nitrogens with zero attached hydrogens (tertiary/aromatic N) is 1. The van der Waals surface area contributed by atoms with Crippen LogP contribution in [0.3, 0.4) is 0 Å². The minimum Gasteiger partial charge on any atom is -0.305 e. The van der Waals surface area contributed by atoms with Crippen LogP contribution >= 0.6 is 11.6 Å². The Morgan fingerprint density at radius 2 is 2.18 bits per heavy atom. The van der Waals surface area contributed by atoms with Gasteiger partial charge >= 0.3 is 0 Å². The molecule has 1 aromatic carbocycles. The number of aromatic nitrogens is 2. The van der Waals surface area contributed by atoms with Crippen molar-refractivity contribution in [1.82, 2.24) is 10.2 Å². The summed E-state index contributed by atoms with van der Waals surface area (Å²) in [5.41, 5.74) is 2.20. The molecule has 4 nitrogen and oxygen atoms in total. The van der Waals surface area contributed by atoms with E-state index in [9.17, 15) is 4.79 Å². The maximum atomic E-state index is 12.0. The molecular formula is C12H12ClN3O. The summed E-state index contributed by atoms with van der Waals surface area (Å²) in [4.78, 5) is 12.0. The molecule has 0 aliphatic heterocycles. The summed E-state index contributed by atoms with van der Waals surface area (Å²) in [7, 11) is 0. The molecule has 2 rings (SSSR count). The summed E-state index contributed by atoms with van der Waals surface area (Å²) in [5, 5.41) is 9.83. The highest BCUT2D eigenvalue weighted by Crippen LogP contribution is 2.20. The molecule has 0 aliphatic carbocycles. The molecule has 0 radical (unpaired) electrons. The molecule has 0 saturated heterocycles. The first-order chi connectivity index (χ1) is 8.08. The molecule has 1 heterocycles. The smallest absolute Gasteiger partial charge is 0.258 e. The van der Waals surface area contributed by atoms with Gasteiger partial charge in [-0.2, -0.15) is 5.10 Å². The molecule has 2 aromatic rings. The second-order valence-corrected chi connectivity index (χ2v) is 4.23. The van der Waals surface area contributed by atoms with Gasteiger partial charge in [0.15, 0.2) is 5.82 Å². The lowest BCUT2D eigenvalue weighted by Gasteiger charge is -2.07. The van der Waals surface area contributed by atoms with E-state index in [1.54, 1.807) is 12.1 Å². The van der Waals surface area contributed by atoms with Crippen molar-refractivity contribution in [3.63, 3.8) is 0 Å². The summed E-state index contributed by atoms with van der Waals surface area (Å²) in [6.45, 7) is 3.71. The van der Waals surface area contributed by atoms with Gasteiger partial charge in [0.25, 0.3) is 5.91 Å². The van der Waals surface area contributed by atoms with Crippen LogP contribution in [0.25, 0.3) is 0 Å². The average molecular weight is 250 g/mol. The number of rotatable bonds is 2. The van der Waals surface area contributed by atoms with Gasteiger partial charge in [-0.1, -0.05) is 23.7 Å². The summed E-state index contributed by atoms with van der Waals surface area (Å²) in [5.74, 6) is 0.242. The van der Waals surface area contributed by atoms with Gasteiger partial charge in [0.05, 0.1) is 10.6 Å². The first-order valence-electron chi connectivity index (χ1n) is 5.16. The number of anilines is 1. The van der Waals surface area contributed by atoms with E-state index >= 15 is 0 Å². The van der Waals surface area contributed by atoms with Crippen LogP contribution in [0.4, 0.5) is 5.82 Å². The molecule has 0 aliphatic rings. The van der Waals surface area contributed by atoms with E-state index in [1.807, 2.05) is 26.0 Å². The highest BCUT2D eigenvalue weighted by Gasteiger charge is 2.14. The number of hydrogen-bond acceptors (Lipinski definition) is 2. The van der Waals surface area contributed by atoms with Crippen molar-refractivity contribution in [2.45, 2.75) is 13.8 Å². The molecule has 0 atom stereocenters. The fourth-order valence-corrected chi connectivity index (χ4v) is 1.89. The zero-order valence-corrected chi connectivity index (χ0v) is 10.3. The van der Waals surface area contributed by atoms with Gasteiger partial charge in [-0.3, -0.25) is 9.89 Å². The van der Waals surface area contributed by atoms with Crippen molar-refractivity contribution >= 4 is 23.3 Å². The van der Waals surface area contributed by atoms with Crippen molar-refractivity contribution in [2.24, 2.45) is 0 Å². The van der Waals surface area contributed by atoms with Gasteiger partial charge in [0, 0.05) is 11.8 Å². The lowest BCUT2D eigenvalue weighted by Crippen LogP contribution is -2.14. The molecular weight excluding hydrogens is 238 g/mol. The van der Waals surface area contributed by atoms with Gasteiger partial charge in [-0.25, -0.2) is 0 Å². The highest BCUT2D eigenvalue weighted by molar-refractivity contribution is 6.34. The molecule has 0 fully saturated rings. The Bertz CT molecular complexity index is 542. The average Bonchev–Trinajstić information content (AvgIpc) is 2.63. The van der Waals surface area contributed by atoms with E-state index in [-0.39, 0.29) is 5.91 Å². The number of aryl methyl sites for hydroxylation is 2. The quantitative estimate of drug-likeness (QED) is 0.860. The number of aromatic amines is 1. The van der Waals surface area contributed by atoms with Gasteiger partial charge in [-0.05, 0) is 25.5 Å². The van der Waals surface area contributed by atoms with Crippen LogP contribution in [-0.4, -0.2) is 16.1 Å². The Morgan fingerprint density at radius 1 is 1.41 bits per heavy atom. The van der Waals surface area contributed by atoms with E-state index in [4.69, 9.17) is 11.6 Å². The van der Waals surface area contributed by atoms with E-state index in [0.717, 1.165) is 11.3 Å². The maximum Gasteiger partial charge on any atom is 0.258 e. The molecule has 0 bridgehead atoms. The number of carbonyl (C=O) groups is 1. The third-order valence-electron chi connectivity index (χ3n) is 2.40. The van der Waals surface area contributed by atoms with Crippen LogP contribution in [0.2, 0.25) is 5.02 Å². The summed E-state index contributed by atoms with van der Waals surface area (Å²) >= 11 is 6.01. The number of nitrogens with one attached hydrogen (secondary N) is 2. The van der Waals surface area contributed by atoms with Crippen LogP contribution in [0.15, 0.2) is 24.3 Å². The third kappa shape index (κ3) is 2.47. The number of halogens is 1. The summed E-state index contributed by atoms with van der Waals surface area (Å²) in [6.07, 6.45) is 0. The van der Waals surface area contributed by atoms with Crippen molar-refractivity contribution in [1.29, 1.82) is 0 Å². The normalized spacial score (nSPS) is 10.3. The maximum absolute atomic E-state index is 12.0. The van der Waals surface area contributed by atoms with E-state index < -0.39 is 0 Å². The van der Waals surface area contributed by atoms with E-state index in [0.29, 0.717) is 16.4 Å². The first kappa shape index (κ1) is 11.7. The second-order valence-electron chi connectivity index (χ2n) is 3.82. The molecule has 0 unspecified atom stereocenters. The lowest BCUT2D eigenvalue weighted by molar-refractivity contribution is 0.102. The Kier molecular flexibility index (Phi) is 3.15. The number of carbonyl (C=O) groups excluding carboxylic acids is 1. The van der Waals surface area contributed by atoms with Gasteiger partial charge in [0.2, 0.25) is 0 Å². The monoisotopic (exact) mass is 249 g/mol. The minimum atomic E-state index is -0.250. The first-order valence-corrected chi connectivity index (χ1v) is 5.54. The minimum absolute atomic E-state index is 0.250. The van der Waals surface area contributed by atoms with Gasteiger partial charge in [0.1, 0.15) is 0 Å². The van der Waals surface area contributed by atoms with Gasteiger partial charge in [-0.15, -0.1) is 0 Å². The predicted molar refractivity (Wildman–Crippen MR) is 67.5 cm³/mol. The van der Waals surface area contributed by atoms with Gasteiger partial charge < -0.3 is 5.32 Å². The molecule has 2 N–H and O–H groups in total. The van der Waals surface area contributed by atoms with Crippen molar-refractivity contribution < 1.29 is 4.79 Å². The molecule has 88 valence electrons. The SMILES string of the molecule is Cc1cc(NC(=O)c2c(C)cccc2Cl)n[nH]1. The van der Waals surface area contributed by atoms with Crippen LogP contribution in [0, 0.1) is 13.8 Å². The number of H-pyrrole nitrogens is 1. The Balaban J connectivity index is 2.26. The molecule has 0 spiro atoms. The zero-order valence-electron chi connectivity index (χ0n) is 9.54. The summed E-state index contributed by atoms with van der Waals surface area (Å²) in [6, 6.07) is 7.10. The lowest BCUT2D eigenvalue weighted by atomic mass is 10.1. The summed E-state index contributed by atoms with van der Waals surface area (Å²) < 4.78 is 0. The Morgan fingerprint density at radius 3 is 2.76 bits per heavy atom. The molecule has 5 heteroatoms. The molecule has 17 heavy (non-hydrogen) atoms. The van der Waals surface area contributed by atoms with E-state index in [1.165, 1.54) is 0 Å². The van der Waals surface area contributed by atoms with Crippen LogP contribution < -0.4 is 5.32 Å². The Hall–Kier alpha value is -1.81. The highest BCUT2D eigenvalue weighted by atomic mass is 35.5. The fraction of sp³-hybridized carbons (Fsp3) is 0.167. The number of benzene rings is 1. The molecule has 1 aromatic heterocycles.